The molecule has 1 saturated heterocycles. The third kappa shape index (κ3) is 4.94. The fourth-order valence-electron chi connectivity index (χ4n) is 3.18. The van der Waals surface area contributed by atoms with E-state index in [0.29, 0.717) is 48.9 Å². The molecule has 1 atom stereocenters. The van der Waals surface area contributed by atoms with E-state index in [0.717, 1.165) is 5.56 Å². The molecular weight excluding hydrogens is 390 g/mol. The van der Waals surface area contributed by atoms with Gasteiger partial charge in [0, 0.05) is 37.6 Å². The van der Waals surface area contributed by atoms with Crippen LogP contribution in [0.4, 0.5) is 4.39 Å². The minimum absolute atomic E-state index is 0.139. The summed E-state index contributed by atoms with van der Waals surface area (Å²) < 4.78 is 13.5. The van der Waals surface area contributed by atoms with Crippen molar-refractivity contribution in [1.29, 1.82) is 0 Å². The van der Waals surface area contributed by atoms with Crippen molar-refractivity contribution in [3.8, 4) is 0 Å². The van der Waals surface area contributed by atoms with E-state index in [1.807, 2.05) is 6.92 Å². The lowest BCUT2D eigenvalue weighted by Crippen LogP contribution is -2.42. The number of rotatable bonds is 5. The maximum Gasteiger partial charge on any atom is 0.252 e. The van der Waals surface area contributed by atoms with Gasteiger partial charge in [-0.1, -0.05) is 29.3 Å². The zero-order valence-electron chi connectivity index (χ0n) is 15.0. The Morgan fingerprint density at radius 3 is 2.63 bits per heavy atom. The van der Waals surface area contributed by atoms with Crippen molar-refractivity contribution < 1.29 is 9.18 Å². The number of hydrogen-bond donors (Lipinski definition) is 1. The molecule has 0 bridgehead atoms. The lowest BCUT2D eigenvalue weighted by molar-refractivity contribution is 0.0884. The number of aromatic nitrogens is 2. The van der Waals surface area contributed by atoms with Crippen LogP contribution in [-0.4, -0.2) is 46.6 Å². The Hall–Kier alpha value is -1.76. The molecule has 5 nitrogen and oxygen atoms in total. The summed E-state index contributed by atoms with van der Waals surface area (Å²) >= 11 is 12.1. The molecule has 2 heterocycles. The van der Waals surface area contributed by atoms with Crippen molar-refractivity contribution in [2.75, 3.05) is 19.6 Å². The number of carbonyl (C=O) groups is 1. The molecule has 0 spiro atoms. The first kappa shape index (κ1) is 20.0. The van der Waals surface area contributed by atoms with Crippen molar-refractivity contribution in [3.05, 3.63) is 57.6 Å². The number of halogens is 3. The molecule has 1 aliphatic rings. The fraction of sp³-hybridized carbons (Fsp3) is 0.421. The van der Waals surface area contributed by atoms with Gasteiger partial charge in [0.05, 0.1) is 21.7 Å². The van der Waals surface area contributed by atoms with Gasteiger partial charge in [0.15, 0.2) is 0 Å². The smallest absolute Gasteiger partial charge is 0.252 e. The van der Waals surface area contributed by atoms with Gasteiger partial charge in [0.1, 0.15) is 12.0 Å². The van der Waals surface area contributed by atoms with E-state index in [9.17, 15) is 9.18 Å². The highest BCUT2D eigenvalue weighted by atomic mass is 35.5. The van der Waals surface area contributed by atoms with E-state index in [1.165, 1.54) is 0 Å². The number of nitrogens with one attached hydrogen (secondary N) is 1. The molecule has 144 valence electrons. The maximum atomic E-state index is 13.5. The number of amides is 1. The lowest BCUT2D eigenvalue weighted by atomic mass is 10.0. The number of carbonyl (C=O) groups excluding carboxylic acids is 1. The van der Waals surface area contributed by atoms with Crippen LogP contribution in [0.5, 0.6) is 0 Å². The van der Waals surface area contributed by atoms with E-state index in [4.69, 9.17) is 23.2 Å². The summed E-state index contributed by atoms with van der Waals surface area (Å²) in [5.74, 6) is 0.371. The summed E-state index contributed by atoms with van der Waals surface area (Å²) in [6, 6.07) is 4.80. The lowest BCUT2D eigenvalue weighted by Gasteiger charge is -2.35. The predicted molar refractivity (Wildman–Crippen MR) is 104 cm³/mol. The highest BCUT2D eigenvalue weighted by Gasteiger charge is 2.27. The van der Waals surface area contributed by atoms with Crippen LogP contribution >= 0.6 is 23.2 Å². The number of aryl methyl sites for hydroxylation is 1. The van der Waals surface area contributed by atoms with Crippen LogP contribution in [0, 0.1) is 6.92 Å². The number of alkyl halides is 1. The van der Waals surface area contributed by atoms with Crippen LogP contribution < -0.4 is 5.32 Å². The maximum absolute atomic E-state index is 13.5. The number of benzene rings is 1. The molecule has 1 aliphatic heterocycles. The number of piperidine rings is 1. The van der Waals surface area contributed by atoms with Crippen molar-refractivity contribution in [2.45, 2.75) is 32.0 Å². The minimum atomic E-state index is -0.768. The van der Waals surface area contributed by atoms with E-state index in [1.54, 1.807) is 30.6 Å². The summed E-state index contributed by atoms with van der Waals surface area (Å²) in [4.78, 5) is 23.3. The number of hydrogen-bond acceptors (Lipinski definition) is 4. The van der Waals surface area contributed by atoms with Crippen LogP contribution in [0.3, 0.4) is 0 Å². The van der Waals surface area contributed by atoms with Crippen molar-refractivity contribution >= 4 is 29.1 Å². The Labute approximate surface area is 167 Å². The normalized spacial score (nSPS) is 16.9. The quantitative estimate of drug-likeness (QED) is 0.808. The van der Waals surface area contributed by atoms with E-state index < -0.39 is 6.17 Å². The summed E-state index contributed by atoms with van der Waals surface area (Å²) in [5.41, 5.74) is 1.21. The minimum Gasteiger partial charge on any atom is -0.350 e. The van der Waals surface area contributed by atoms with Crippen LogP contribution in [-0.2, 0) is 0 Å². The monoisotopic (exact) mass is 410 g/mol. The average Bonchev–Trinajstić information content (AvgIpc) is 2.66. The first-order chi connectivity index (χ1) is 13.0. The molecule has 8 heteroatoms. The fourth-order valence-corrected chi connectivity index (χ4v) is 3.56. The Bertz CT molecular complexity index is 795. The third-order valence-corrected chi connectivity index (χ3v) is 5.56. The second-order valence-electron chi connectivity index (χ2n) is 6.60. The molecule has 1 N–H and O–H groups in total. The summed E-state index contributed by atoms with van der Waals surface area (Å²) in [5, 5.41) is 3.47. The first-order valence-corrected chi connectivity index (χ1v) is 9.60. The van der Waals surface area contributed by atoms with Crippen molar-refractivity contribution in [2.24, 2.45) is 0 Å². The predicted octanol–water partition coefficient (Wildman–Crippen LogP) is 4.00. The van der Waals surface area contributed by atoms with Gasteiger partial charge in [-0.2, -0.15) is 0 Å². The van der Waals surface area contributed by atoms with Gasteiger partial charge in [0.2, 0.25) is 0 Å². The molecule has 2 aromatic rings. The zero-order chi connectivity index (χ0) is 19.4. The standard InChI is InChI=1S/C19H21Cl2FN4O/c1-12-23-9-13(10-24-12)17(26-7-5-14(22)6-8-26)11-25-19(27)15-3-2-4-16(20)18(15)21/h2-4,9-10,14,17H,5-8,11H2,1H3,(H,25,27). The summed E-state index contributed by atoms with van der Waals surface area (Å²) in [6.45, 7) is 3.39. The summed E-state index contributed by atoms with van der Waals surface area (Å²) in [6.07, 6.45) is 3.71. The van der Waals surface area contributed by atoms with Crippen molar-refractivity contribution in [1.82, 2.24) is 20.2 Å². The largest absolute Gasteiger partial charge is 0.350 e. The average molecular weight is 411 g/mol. The highest BCUT2D eigenvalue weighted by Crippen LogP contribution is 2.27. The van der Waals surface area contributed by atoms with Crippen LogP contribution in [0.25, 0.3) is 0 Å². The summed E-state index contributed by atoms with van der Waals surface area (Å²) in [7, 11) is 0. The molecule has 1 unspecified atom stereocenters. The molecule has 1 aromatic carbocycles. The van der Waals surface area contributed by atoms with Gasteiger partial charge in [-0.15, -0.1) is 0 Å². The second-order valence-corrected chi connectivity index (χ2v) is 7.39. The molecule has 0 radical (unpaired) electrons. The van der Waals surface area contributed by atoms with Gasteiger partial charge >= 0.3 is 0 Å². The van der Waals surface area contributed by atoms with Gasteiger partial charge in [-0.05, 0) is 31.9 Å². The first-order valence-electron chi connectivity index (χ1n) is 8.84. The van der Waals surface area contributed by atoms with E-state index >= 15 is 0 Å². The number of likely N-dealkylation sites (tertiary alicyclic amines) is 1. The SMILES string of the molecule is Cc1ncc(C(CNC(=O)c2cccc(Cl)c2Cl)N2CCC(F)CC2)cn1. The third-order valence-electron chi connectivity index (χ3n) is 4.74. The number of nitrogens with zero attached hydrogens (tertiary/aromatic N) is 3. The van der Waals surface area contributed by atoms with E-state index in [2.05, 4.69) is 20.2 Å². The molecule has 1 amide bonds. The molecule has 1 fully saturated rings. The molecule has 1 aromatic heterocycles. The molecular formula is C19H21Cl2FN4O. The topological polar surface area (TPSA) is 58.1 Å². The molecule has 3 rings (SSSR count). The van der Waals surface area contributed by atoms with Crippen LogP contribution in [0.15, 0.2) is 30.6 Å². The highest BCUT2D eigenvalue weighted by molar-refractivity contribution is 6.43. The Morgan fingerprint density at radius 2 is 1.96 bits per heavy atom. The van der Waals surface area contributed by atoms with Crippen LogP contribution in [0.2, 0.25) is 10.0 Å². The van der Waals surface area contributed by atoms with Gasteiger partial charge < -0.3 is 5.32 Å². The molecule has 0 aliphatic carbocycles. The van der Waals surface area contributed by atoms with Crippen LogP contribution in [0.1, 0.15) is 40.6 Å². The second kappa shape index (κ2) is 8.95. The molecule has 0 saturated carbocycles. The van der Waals surface area contributed by atoms with Gasteiger partial charge in [0.25, 0.3) is 5.91 Å². The zero-order valence-corrected chi connectivity index (χ0v) is 16.5. The van der Waals surface area contributed by atoms with Gasteiger partial charge in [-0.25, -0.2) is 14.4 Å². The Kier molecular flexibility index (Phi) is 6.63. The van der Waals surface area contributed by atoms with Crippen molar-refractivity contribution in [3.63, 3.8) is 0 Å². The van der Waals surface area contributed by atoms with E-state index in [-0.39, 0.29) is 17.0 Å². The Morgan fingerprint density at radius 1 is 1.30 bits per heavy atom. The Balaban J connectivity index is 1.76. The van der Waals surface area contributed by atoms with Gasteiger partial charge in [-0.3, -0.25) is 9.69 Å². The molecule has 27 heavy (non-hydrogen) atoms.